The van der Waals surface area contributed by atoms with E-state index in [1.807, 2.05) is 0 Å². The van der Waals surface area contributed by atoms with Gasteiger partial charge in [-0.15, -0.1) is 0 Å². The summed E-state index contributed by atoms with van der Waals surface area (Å²) >= 11 is 11.1. The van der Waals surface area contributed by atoms with Crippen molar-refractivity contribution in [3.63, 3.8) is 0 Å². The van der Waals surface area contributed by atoms with Gasteiger partial charge in [0.1, 0.15) is 0 Å². The van der Waals surface area contributed by atoms with Crippen molar-refractivity contribution in [2.24, 2.45) is 0 Å². The maximum Gasteiger partial charge on any atom is 0.0178 e. The molecular weight excluding hydrogens is 576 g/mol. The van der Waals surface area contributed by atoms with Crippen LogP contribution in [0, 0.1) is 0 Å². The van der Waals surface area contributed by atoms with Crippen molar-refractivity contribution in [1.29, 1.82) is 0 Å². The molecule has 4 aliphatic rings. The fourth-order valence-electron chi connectivity index (χ4n) is 6.06. The quantitative estimate of drug-likeness (QED) is 0.245. The standard InChI is InChI=1S/C28H17Br3/c29-18-1-4-21-15(9-18)11-25-24(21)13-17-7-14-8-19(30)2-5-22(14)27(17)26-12-16-10-20(31)3-6-23(16)28(25)26/h1-6,8-10H,7,11-13H2. The highest BCUT2D eigenvalue weighted by Crippen LogP contribution is 2.56. The number of benzene rings is 3. The van der Waals surface area contributed by atoms with Crippen molar-refractivity contribution >= 4 is 64.5 Å². The molecule has 3 aromatic carbocycles. The highest BCUT2D eigenvalue weighted by molar-refractivity contribution is 9.11. The first-order valence-corrected chi connectivity index (χ1v) is 13.0. The topological polar surface area (TPSA) is 0 Å². The van der Waals surface area contributed by atoms with Gasteiger partial charge in [-0.25, -0.2) is 0 Å². The third-order valence-electron chi connectivity index (χ3n) is 7.22. The lowest BCUT2D eigenvalue weighted by molar-refractivity contribution is 1.11. The van der Waals surface area contributed by atoms with Crippen molar-refractivity contribution in [2.75, 3.05) is 0 Å². The average Bonchev–Trinajstić information content (AvgIpc) is 3.35. The van der Waals surface area contributed by atoms with Crippen LogP contribution in [-0.4, -0.2) is 0 Å². The number of rotatable bonds is 0. The molecule has 0 nitrogen and oxygen atoms in total. The minimum Gasteiger partial charge on any atom is -0.0533 e. The molecule has 7 rings (SSSR count). The van der Waals surface area contributed by atoms with Gasteiger partial charge in [0, 0.05) is 13.4 Å². The normalized spacial score (nSPS) is 17.9. The molecule has 31 heavy (non-hydrogen) atoms. The van der Waals surface area contributed by atoms with Gasteiger partial charge in [-0.3, -0.25) is 0 Å². The lowest BCUT2D eigenvalue weighted by atomic mass is 9.91. The molecule has 150 valence electrons. The van der Waals surface area contributed by atoms with Crippen LogP contribution < -0.4 is 0 Å². The van der Waals surface area contributed by atoms with E-state index in [1.54, 1.807) is 22.3 Å². The Kier molecular flexibility index (Phi) is 4.05. The van der Waals surface area contributed by atoms with E-state index in [0.717, 1.165) is 25.7 Å². The van der Waals surface area contributed by atoms with Crippen LogP contribution in [0.15, 0.2) is 84.7 Å². The van der Waals surface area contributed by atoms with Crippen LogP contribution in [0.2, 0.25) is 0 Å². The van der Waals surface area contributed by atoms with E-state index in [0.29, 0.717) is 0 Å². The van der Waals surface area contributed by atoms with Crippen molar-refractivity contribution in [3.05, 3.63) is 118 Å². The maximum atomic E-state index is 3.70. The van der Waals surface area contributed by atoms with Gasteiger partial charge in [0.25, 0.3) is 0 Å². The predicted octanol–water partition coefficient (Wildman–Crippen LogP) is 8.71. The second-order valence-electron chi connectivity index (χ2n) is 8.90. The number of hydrogen-bond donors (Lipinski definition) is 0. The third-order valence-corrected chi connectivity index (χ3v) is 8.70. The van der Waals surface area contributed by atoms with Crippen LogP contribution in [0.4, 0.5) is 0 Å². The second-order valence-corrected chi connectivity index (χ2v) is 11.6. The molecule has 0 aliphatic heterocycles. The summed E-state index contributed by atoms with van der Waals surface area (Å²) in [5.41, 5.74) is 17.9. The van der Waals surface area contributed by atoms with Gasteiger partial charge in [-0.2, -0.15) is 0 Å². The SMILES string of the molecule is Brc1ccc2c(c1)CC1=C2CC2=C(C3=C1c1ccc(Br)cc1C3)c1ccc(Br)cc1C2. The first-order chi connectivity index (χ1) is 15.1. The van der Waals surface area contributed by atoms with Gasteiger partial charge in [0.2, 0.25) is 0 Å². The molecule has 0 aromatic heterocycles. The molecule has 0 saturated heterocycles. The summed E-state index contributed by atoms with van der Waals surface area (Å²) < 4.78 is 3.52. The molecule has 3 aromatic rings. The van der Waals surface area contributed by atoms with Gasteiger partial charge >= 0.3 is 0 Å². The average molecular weight is 593 g/mol. The molecule has 0 atom stereocenters. The summed E-state index contributed by atoms with van der Waals surface area (Å²) in [6, 6.07) is 20.5. The van der Waals surface area contributed by atoms with E-state index < -0.39 is 0 Å². The Balaban J connectivity index is 1.51. The molecule has 3 heteroatoms. The zero-order chi connectivity index (χ0) is 20.9. The molecular formula is C28H17Br3. The van der Waals surface area contributed by atoms with Crippen LogP contribution in [0.5, 0.6) is 0 Å². The first-order valence-electron chi connectivity index (χ1n) is 10.6. The Hall–Kier alpha value is -1.68. The zero-order valence-corrected chi connectivity index (χ0v) is 21.4. The fourth-order valence-corrected chi connectivity index (χ4v) is 7.28. The lowest BCUT2D eigenvalue weighted by Crippen LogP contribution is -1.94. The minimum atomic E-state index is 1.02. The highest BCUT2D eigenvalue weighted by atomic mass is 79.9. The Morgan fingerprint density at radius 3 is 1.65 bits per heavy atom. The summed E-state index contributed by atoms with van der Waals surface area (Å²) in [6.45, 7) is 0. The van der Waals surface area contributed by atoms with Gasteiger partial charge in [-0.05, 0) is 123 Å². The molecule has 0 amide bonds. The Morgan fingerprint density at radius 2 is 0.968 bits per heavy atom. The number of fused-ring (bicyclic) bond motifs is 8. The summed E-state index contributed by atoms with van der Waals surface area (Å²) in [5, 5.41) is 0. The Labute approximate surface area is 207 Å². The molecule has 0 radical (unpaired) electrons. The number of allylic oxidation sites excluding steroid dienone is 6. The molecule has 0 saturated carbocycles. The minimum absolute atomic E-state index is 1.02. The summed E-state index contributed by atoms with van der Waals surface area (Å²) in [6.07, 6.45) is 4.18. The van der Waals surface area contributed by atoms with Crippen molar-refractivity contribution < 1.29 is 0 Å². The number of hydrogen-bond acceptors (Lipinski definition) is 0. The largest absolute Gasteiger partial charge is 0.0533 e. The summed E-state index contributed by atoms with van der Waals surface area (Å²) in [5.74, 6) is 0. The maximum absolute atomic E-state index is 3.70. The summed E-state index contributed by atoms with van der Waals surface area (Å²) in [7, 11) is 0. The van der Waals surface area contributed by atoms with Gasteiger partial charge in [0.05, 0.1) is 0 Å². The van der Waals surface area contributed by atoms with E-state index in [4.69, 9.17) is 0 Å². The molecule has 0 bridgehead atoms. The van der Waals surface area contributed by atoms with Crippen LogP contribution in [0.1, 0.15) is 39.8 Å². The van der Waals surface area contributed by atoms with Gasteiger partial charge < -0.3 is 0 Å². The van der Waals surface area contributed by atoms with Crippen LogP contribution in [0.25, 0.3) is 16.7 Å². The van der Waals surface area contributed by atoms with Gasteiger partial charge in [0.15, 0.2) is 0 Å². The molecule has 0 fully saturated rings. The highest BCUT2D eigenvalue weighted by Gasteiger charge is 2.38. The van der Waals surface area contributed by atoms with E-state index in [9.17, 15) is 0 Å². The smallest absolute Gasteiger partial charge is 0.0178 e. The Bertz CT molecular complexity index is 1450. The fraction of sp³-hybridized carbons (Fsp3) is 0.143. The first kappa shape index (κ1) is 18.8. The lowest BCUT2D eigenvalue weighted by Gasteiger charge is -2.13. The molecule has 4 aliphatic carbocycles. The molecule has 0 heterocycles. The molecule has 0 N–H and O–H groups in total. The van der Waals surface area contributed by atoms with E-state index in [1.165, 1.54) is 57.9 Å². The van der Waals surface area contributed by atoms with Crippen LogP contribution >= 0.6 is 47.8 Å². The third kappa shape index (κ3) is 2.70. The molecule has 0 spiro atoms. The van der Waals surface area contributed by atoms with Crippen molar-refractivity contribution in [2.45, 2.75) is 25.7 Å². The van der Waals surface area contributed by atoms with E-state index in [2.05, 4.69) is 102 Å². The van der Waals surface area contributed by atoms with E-state index >= 15 is 0 Å². The molecule has 0 unspecified atom stereocenters. The predicted molar refractivity (Wildman–Crippen MR) is 139 cm³/mol. The van der Waals surface area contributed by atoms with E-state index in [-0.39, 0.29) is 0 Å². The van der Waals surface area contributed by atoms with Gasteiger partial charge in [-0.1, -0.05) is 71.6 Å². The number of halogens is 3. The summed E-state index contributed by atoms with van der Waals surface area (Å²) in [4.78, 5) is 0. The van der Waals surface area contributed by atoms with Crippen molar-refractivity contribution in [1.82, 2.24) is 0 Å². The zero-order valence-electron chi connectivity index (χ0n) is 16.7. The Morgan fingerprint density at radius 1 is 0.452 bits per heavy atom. The van der Waals surface area contributed by atoms with Crippen LogP contribution in [0.3, 0.4) is 0 Å². The second kappa shape index (κ2) is 6.66. The van der Waals surface area contributed by atoms with Crippen molar-refractivity contribution in [3.8, 4) is 0 Å². The monoisotopic (exact) mass is 590 g/mol. The van der Waals surface area contributed by atoms with Crippen LogP contribution in [-0.2, 0) is 19.3 Å².